The number of anilines is 1. The number of likely N-dealkylation sites (tertiary alicyclic amines) is 1. The zero-order valence-electron chi connectivity index (χ0n) is 16.3. The fourth-order valence-electron chi connectivity index (χ4n) is 3.40. The van der Waals surface area contributed by atoms with Crippen LogP contribution in [0, 0.1) is 12.8 Å². The first-order valence-electron chi connectivity index (χ1n) is 9.42. The van der Waals surface area contributed by atoms with Crippen molar-refractivity contribution in [2.75, 3.05) is 38.0 Å². The Morgan fingerprint density at radius 1 is 1.31 bits per heavy atom. The second kappa shape index (κ2) is 8.86. The smallest absolute Gasteiger partial charge is 0.243 e. The summed E-state index contributed by atoms with van der Waals surface area (Å²) in [5, 5.41) is 3.10. The first-order chi connectivity index (χ1) is 12.3. The fourth-order valence-corrected chi connectivity index (χ4v) is 5.10. The molecule has 0 radical (unpaired) electrons. The number of nitrogens with one attached hydrogen (secondary N) is 1. The molecule has 0 bridgehead atoms. The van der Waals surface area contributed by atoms with Crippen LogP contribution in [0.15, 0.2) is 23.1 Å². The summed E-state index contributed by atoms with van der Waals surface area (Å²) in [6.45, 7) is 10.3. The van der Waals surface area contributed by atoms with E-state index in [1.165, 1.54) is 10.7 Å². The number of amides is 1. The average molecular weight is 382 g/mol. The van der Waals surface area contributed by atoms with Crippen molar-refractivity contribution in [2.24, 2.45) is 5.92 Å². The lowest BCUT2D eigenvalue weighted by Gasteiger charge is -2.31. The molecule has 1 atom stereocenters. The van der Waals surface area contributed by atoms with E-state index in [-0.39, 0.29) is 12.5 Å². The van der Waals surface area contributed by atoms with Gasteiger partial charge in [0.05, 0.1) is 11.4 Å². The molecule has 1 N–H and O–H groups in total. The fraction of sp³-hybridized carbons (Fsp3) is 0.632. The van der Waals surface area contributed by atoms with Crippen LogP contribution in [0.4, 0.5) is 5.69 Å². The van der Waals surface area contributed by atoms with Crippen LogP contribution in [-0.2, 0) is 14.8 Å². The molecule has 1 amide bonds. The summed E-state index contributed by atoms with van der Waals surface area (Å²) in [5.74, 6) is 0.600. The second-order valence-corrected chi connectivity index (χ2v) is 8.92. The van der Waals surface area contributed by atoms with Crippen LogP contribution >= 0.6 is 0 Å². The minimum atomic E-state index is -3.52. The molecule has 6 nitrogen and oxygen atoms in total. The van der Waals surface area contributed by atoms with Gasteiger partial charge in [0.1, 0.15) is 0 Å². The van der Waals surface area contributed by atoms with Gasteiger partial charge in [-0.3, -0.25) is 4.79 Å². The van der Waals surface area contributed by atoms with E-state index in [0.717, 1.165) is 19.5 Å². The number of piperidine rings is 1. The first kappa shape index (κ1) is 20.7. The van der Waals surface area contributed by atoms with Crippen LogP contribution < -0.4 is 5.32 Å². The molecule has 1 unspecified atom stereocenters. The normalized spacial score (nSPS) is 18.2. The van der Waals surface area contributed by atoms with Crippen LogP contribution in [-0.4, -0.2) is 56.3 Å². The zero-order valence-corrected chi connectivity index (χ0v) is 17.1. The molecule has 1 aromatic carbocycles. The summed E-state index contributed by atoms with van der Waals surface area (Å²) < 4.78 is 27.1. The third kappa shape index (κ3) is 4.76. The predicted molar refractivity (Wildman–Crippen MR) is 105 cm³/mol. The number of nitrogens with zero attached hydrogens (tertiary/aromatic N) is 2. The lowest BCUT2D eigenvalue weighted by Crippen LogP contribution is -2.41. The Labute approximate surface area is 157 Å². The maximum absolute atomic E-state index is 12.8. The van der Waals surface area contributed by atoms with Crippen molar-refractivity contribution in [1.82, 2.24) is 9.21 Å². The van der Waals surface area contributed by atoms with Gasteiger partial charge in [0.15, 0.2) is 0 Å². The third-order valence-electron chi connectivity index (χ3n) is 4.96. The molecule has 1 aromatic rings. The molecule has 0 aliphatic carbocycles. The number of benzene rings is 1. The molecule has 1 aliphatic rings. The van der Waals surface area contributed by atoms with Crippen molar-refractivity contribution < 1.29 is 13.2 Å². The van der Waals surface area contributed by atoms with Gasteiger partial charge in [-0.2, -0.15) is 4.31 Å². The number of hydrogen-bond acceptors (Lipinski definition) is 4. The Kier molecular flexibility index (Phi) is 7.06. The Morgan fingerprint density at radius 3 is 2.62 bits per heavy atom. The van der Waals surface area contributed by atoms with E-state index >= 15 is 0 Å². The highest BCUT2D eigenvalue weighted by atomic mass is 32.2. The summed E-state index contributed by atoms with van der Waals surface area (Å²) in [6, 6.07) is 5.24. The summed E-state index contributed by atoms with van der Waals surface area (Å²) in [7, 11) is -3.52. The van der Waals surface area contributed by atoms with Crippen molar-refractivity contribution in [1.29, 1.82) is 0 Å². The number of aryl methyl sites for hydroxylation is 1. The van der Waals surface area contributed by atoms with Crippen LogP contribution in [0.25, 0.3) is 0 Å². The topological polar surface area (TPSA) is 69.7 Å². The zero-order chi connectivity index (χ0) is 19.3. The van der Waals surface area contributed by atoms with Crippen LogP contribution in [0.1, 0.15) is 39.2 Å². The number of rotatable bonds is 7. The van der Waals surface area contributed by atoms with Crippen molar-refractivity contribution in [3.05, 3.63) is 23.8 Å². The van der Waals surface area contributed by atoms with Gasteiger partial charge in [0, 0.05) is 31.9 Å². The highest BCUT2D eigenvalue weighted by molar-refractivity contribution is 7.89. The summed E-state index contributed by atoms with van der Waals surface area (Å²) in [6.07, 6.45) is 2.21. The highest BCUT2D eigenvalue weighted by Gasteiger charge is 2.24. The lowest BCUT2D eigenvalue weighted by molar-refractivity contribution is -0.130. The largest absolute Gasteiger partial charge is 0.376 e. The molecular formula is C19H31N3O3S. The standard InChI is InChI=1S/C19H31N3O3S/c1-5-22(6-2)26(24,25)18-12-17(10-9-16(18)4)20-13-19(23)21-11-7-8-15(3)14-21/h9-10,12,15,20H,5-8,11,13-14H2,1-4H3. The lowest BCUT2D eigenvalue weighted by atomic mass is 10.0. The predicted octanol–water partition coefficient (Wildman–Crippen LogP) is 2.70. The average Bonchev–Trinajstić information content (AvgIpc) is 2.61. The maximum atomic E-state index is 12.8. The van der Waals surface area contributed by atoms with E-state index < -0.39 is 10.0 Å². The van der Waals surface area contributed by atoms with Gasteiger partial charge in [0.25, 0.3) is 0 Å². The van der Waals surface area contributed by atoms with E-state index in [2.05, 4.69) is 12.2 Å². The monoisotopic (exact) mass is 381 g/mol. The van der Waals surface area contributed by atoms with Gasteiger partial charge in [0.2, 0.25) is 15.9 Å². The molecule has 1 heterocycles. The highest BCUT2D eigenvalue weighted by Crippen LogP contribution is 2.24. The SMILES string of the molecule is CCN(CC)S(=O)(=O)c1cc(NCC(=O)N2CCCC(C)C2)ccc1C. The summed E-state index contributed by atoms with van der Waals surface area (Å²) in [5.41, 5.74) is 1.36. The van der Waals surface area contributed by atoms with Gasteiger partial charge in [-0.25, -0.2) is 8.42 Å². The molecule has 0 spiro atoms. The molecular weight excluding hydrogens is 350 g/mol. The van der Waals surface area contributed by atoms with Crippen molar-refractivity contribution in [2.45, 2.75) is 45.4 Å². The van der Waals surface area contributed by atoms with Crippen molar-refractivity contribution in [3.8, 4) is 0 Å². The van der Waals surface area contributed by atoms with Gasteiger partial charge >= 0.3 is 0 Å². The molecule has 146 valence electrons. The van der Waals surface area contributed by atoms with E-state index in [1.54, 1.807) is 19.1 Å². The van der Waals surface area contributed by atoms with Gasteiger partial charge in [-0.15, -0.1) is 0 Å². The molecule has 1 aliphatic heterocycles. The minimum Gasteiger partial charge on any atom is -0.376 e. The van der Waals surface area contributed by atoms with E-state index in [1.807, 2.05) is 24.8 Å². The van der Waals surface area contributed by atoms with Gasteiger partial charge in [-0.05, 0) is 43.4 Å². The Balaban J connectivity index is 2.11. The molecule has 1 saturated heterocycles. The molecule has 26 heavy (non-hydrogen) atoms. The number of carbonyl (C=O) groups is 1. The molecule has 2 rings (SSSR count). The molecule has 0 saturated carbocycles. The minimum absolute atomic E-state index is 0.0604. The van der Waals surface area contributed by atoms with Gasteiger partial charge < -0.3 is 10.2 Å². The number of sulfonamides is 1. The third-order valence-corrected chi connectivity index (χ3v) is 7.16. The van der Waals surface area contributed by atoms with Crippen LogP contribution in [0.5, 0.6) is 0 Å². The van der Waals surface area contributed by atoms with E-state index in [9.17, 15) is 13.2 Å². The van der Waals surface area contributed by atoms with Crippen molar-refractivity contribution in [3.63, 3.8) is 0 Å². The van der Waals surface area contributed by atoms with Crippen LogP contribution in [0.2, 0.25) is 0 Å². The van der Waals surface area contributed by atoms with Crippen molar-refractivity contribution >= 4 is 21.6 Å². The summed E-state index contributed by atoms with van der Waals surface area (Å²) in [4.78, 5) is 14.6. The molecule has 0 aromatic heterocycles. The summed E-state index contributed by atoms with van der Waals surface area (Å²) >= 11 is 0. The number of carbonyl (C=O) groups excluding carboxylic acids is 1. The molecule has 1 fully saturated rings. The quantitative estimate of drug-likeness (QED) is 0.788. The Hall–Kier alpha value is -1.60. The molecule has 7 heteroatoms. The second-order valence-electron chi connectivity index (χ2n) is 7.01. The first-order valence-corrected chi connectivity index (χ1v) is 10.9. The van der Waals surface area contributed by atoms with Crippen LogP contribution in [0.3, 0.4) is 0 Å². The maximum Gasteiger partial charge on any atom is 0.243 e. The Morgan fingerprint density at radius 2 is 2.00 bits per heavy atom. The van der Waals surface area contributed by atoms with E-state index in [0.29, 0.717) is 35.2 Å². The van der Waals surface area contributed by atoms with Gasteiger partial charge in [-0.1, -0.05) is 26.8 Å². The number of hydrogen-bond donors (Lipinski definition) is 1. The van der Waals surface area contributed by atoms with E-state index in [4.69, 9.17) is 0 Å². The Bertz CT molecular complexity index is 730.